The third-order valence-corrected chi connectivity index (χ3v) is 5.71. The molecule has 1 amide bonds. The molecule has 0 radical (unpaired) electrons. The van der Waals surface area contributed by atoms with Gasteiger partial charge < -0.3 is 10.6 Å². The largest absolute Gasteiger partial charge is 0.324 e. The minimum Gasteiger partial charge on any atom is -0.324 e. The smallest absolute Gasteiger partial charge is 0.228 e. The Labute approximate surface area is 155 Å². The minimum atomic E-state index is -0.244. The molecule has 2 aromatic rings. The summed E-state index contributed by atoms with van der Waals surface area (Å²) in [6.07, 6.45) is 5.27. The Morgan fingerprint density at radius 3 is 2.40 bits per heavy atom. The number of rotatable bonds is 3. The summed E-state index contributed by atoms with van der Waals surface area (Å²) in [6, 6.07) is 18.1. The van der Waals surface area contributed by atoms with Gasteiger partial charge in [-0.25, -0.2) is 0 Å². The molecule has 1 aliphatic heterocycles. The Morgan fingerprint density at radius 1 is 1.04 bits per heavy atom. The van der Waals surface area contributed by atoms with Crippen LogP contribution in [-0.2, 0) is 10.2 Å². The molecular weight excluding hydrogens is 332 g/mol. The fourth-order valence-electron chi connectivity index (χ4n) is 4.45. The van der Waals surface area contributed by atoms with Crippen LogP contribution in [0.1, 0.15) is 49.3 Å². The molecule has 0 aromatic heterocycles. The second kappa shape index (κ2) is 7.19. The van der Waals surface area contributed by atoms with Crippen molar-refractivity contribution >= 4 is 24.0 Å². The summed E-state index contributed by atoms with van der Waals surface area (Å²) >= 11 is 0. The first-order chi connectivity index (χ1) is 11.7. The number of para-hydroxylation sites is 1. The minimum absolute atomic E-state index is 0. The zero-order chi connectivity index (χ0) is 16.6. The van der Waals surface area contributed by atoms with E-state index in [-0.39, 0.29) is 29.8 Å². The van der Waals surface area contributed by atoms with E-state index in [1.54, 1.807) is 0 Å². The second-order valence-electron chi connectivity index (χ2n) is 7.21. The maximum Gasteiger partial charge on any atom is 0.228 e. The van der Waals surface area contributed by atoms with Crippen LogP contribution in [-0.4, -0.2) is 12.5 Å². The number of amides is 1. The van der Waals surface area contributed by atoms with E-state index in [2.05, 4.69) is 18.2 Å². The average Bonchev–Trinajstić information content (AvgIpc) is 3.22. The summed E-state index contributed by atoms with van der Waals surface area (Å²) in [4.78, 5) is 15.0. The molecule has 25 heavy (non-hydrogen) atoms. The third kappa shape index (κ3) is 3.19. The third-order valence-electron chi connectivity index (χ3n) is 5.71. The van der Waals surface area contributed by atoms with E-state index in [0.717, 1.165) is 17.8 Å². The van der Waals surface area contributed by atoms with E-state index in [9.17, 15) is 4.79 Å². The standard InChI is InChI=1S/C21H24N2O.ClH/c22-18(16-8-2-1-3-9-16)14-20(24)23-15-21(12-6-7-13-21)17-10-4-5-11-19(17)23;/h1-5,8-11,18H,6-7,12-15,22H2;1H. The van der Waals surface area contributed by atoms with Gasteiger partial charge in [0.2, 0.25) is 5.91 Å². The predicted molar refractivity (Wildman–Crippen MR) is 104 cm³/mol. The Bertz CT molecular complexity index is 741. The Hall–Kier alpha value is -1.84. The first kappa shape index (κ1) is 18.0. The predicted octanol–water partition coefficient (Wildman–Crippen LogP) is 4.36. The zero-order valence-corrected chi connectivity index (χ0v) is 15.2. The van der Waals surface area contributed by atoms with Crippen molar-refractivity contribution in [2.24, 2.45) is 5.73 Å². The number of halogens is 1. The number of carbonyl (C=O) groups is 1. The van der Waals surface area contributed by atoms with Gasteiger partial charge in [-0.1, -0.05) is 61.4 Å². The Kier molecular flexibility index (Phi) is 5.16. The van der Waals surface area contributed by atoms with Crippen molar-refractivity contribution in [2.45, 2.75) is 43.6 Å². The van der Waals surface area contributed by atoms with Crippen LogP contribution in [0.4, 0.5) is 5.69 Å². The van der Waals surface area contributed by atoms with E-state index in [0.29, 0.717) is 6.42 Å². The van der Waals surface area contributed by atoms with Crippen LogP contribution < -0.4 is 10.6 Å². The lowest BCUT2D eigenvalue weighted by atomic mass is 9.81. The molecule has 0 saturated heterocycles. The lowest BCUT2D eigenvalue weighted by molar-refractivity contribution is -0.119. The van der Waals surface area contributed by atoms with Gasteiger partial charge in [0.15, 0.2) is 0 Å². The molecule has 2 aromatic carbocycles. The van der Waals surface area contributed by atoms with Crippen molar-refractivity contribution in [2.75, 3.05) is 11.4 Å². The topological polar surface area (TPSA) is 46.3 Å². The van der Waals surface area contributed by atoms with E-state index in [1.807, 2.05) is 41.3 Å². The van der Waals surface area contributed by atoms with E-state index in [1.165, 1.54) is 31.2 Å². The summed E-state index contributed by atoms with van der Waals surface area (Å²) in [5.74, 6) is 0.141. The quantitative estimate of drug-likeness (QED) is 0.888. The van der Waals surface area contributed by atoms with Crippen molar-refractivity contribution in [1.29, 1.82) is 0 Å². The average molecular weight is 357 g/mol. The monoisotopic (exact) mass is 356 g/mol. The molecule has 1 fully saturated rings. The Balaban J connectivity index is 0.00000182. The van der Waals surface area contributed by atoms with Crippen molar-refractivity contribution in [3.63, 3.8) is 0 Å². The van der Waals surface area contributed by atoms with Gasteiger partial charge in [0.25, 0.3) is 0 Å². The molecule has 1 unspecified atom stereocenters. The van der Waals surface area contributed by atoms with Crippen LogP contribution in [0.3, 0.4) is 0 Å². The second-order valence-corrected chi connectivity index (χ2v) is 7.21. The lowest BCUT2D eigenvalue weighted by Crippen LogP contribution is -2.37. The lowest BCUT2D eigenvalue weighted by Gasteiger charge is -2.25. The molecule has 1 atom stereocenters. The van der Waals surface area contributed by atoms with Crippen LogP contribution >= 0.6 is 12.4 Å². The first-order valence-electron chi connectivity index (χ1n) is 8.90. The fraction of sp³-hybridized carbons (Fsp3) is 0.381. The molecule has 1 saturated carbocycles. The van der Waals surface area contributed by atoms with E-state index < -0.39 is 0 Å². The fourth-order valence-corrected chi connectivity index (χ4v) is 4.45. The van der Waals surface area contributed by atoms with Crippen molar-refractivity contribution < 1.29 is 4.79 Å². The maximum absolute atomic E-state index is 13.0. The van der Waals surface area contributed by atoms with Gasteiger partial charge in [0, 0.05) is 30.1 Å². The van der Waals surface area contributed by atoms with Gasteiger partial charge in [0.1, 0.15) is 0 Å². The summed E-state index contributed by atoms with van der Waals surface area (Å²) in [6.45, 7) is 0.826. The van der Waals surface area contributed by atoms with Gasteiger partial charge in [-0.3, -0.25) is 4.79 Å². The summed E-state index contributed by atoms with van der Waals surface area (Å²) in [5.41, 5.74) is 9.95. The van der Waals surface area contributed by atoms with Crippen LogP contribution in [0.2, 0.25) is 0 Å². The van der Waals surface area contributed by atoms with Crippen LogP contribution in [0, 0.1) is 0 Å². The van der Waals surface area contributed by atoms with Crippen LogP contribution in [0.15, 0.2) is 54.6 Å². The highest BCUT2D eigenvalue weighted by Crippen LogP contribution is 2.50. The number of nitrogens with zero attached hydrogens (tertiary/aromatic N) is 1. The highest BCUT2D eigenvalue weighted by Gasteiger charge is 2.45. The van der Waals surface area contributed by atoms with Gasteiger partial charge in [0.05, 0.1) is 0 Å². The van der Waals surface area contributed by atoms with Gasteiger partial charge in [-0.05, 0) is 30.0 Å². The number of benzene rings is 2. The molecule has 2 aliphatic rings. The zero-order valence-electron chi connectivity index (χ0n) is 14.4. The number of hydrogen-bond acceptors (Lipinski definition) is 2. The molecule has 1 aliphatic carbocycles. The number of anilines is 1. The molecule has 3 nitrogen and oxygen atoms in total. The SMILES string of the molecule is Cl.NC(CC(=O)N1CC2(CCCC2)c2ccccc21)c1ccccc1. The molecule has 4 rings (SSSR count). The highest BCUT2D eigenvalue weighted by molar-refractivity contribution is 5.96. The van der Waals surface area contributed by atoms with E-state index in [4.69, 9.17) is 5.73 Å². The molecule has 2 N–H and O–H groups in total. The number of hydrogen-bond donors (Lipinski definition) is 1. The number of nitrogens with two attached hydrogens (primary N) is 1. The molecule has 0 bridgehead atoms. The highest BCUT2D eigenvalue weighted by atomic mass is 35.5. The first-order valence-corrected chi connectivity index (χ1v) is 8.90. The molecule has 1 spiro atoms. The van der Waals surface area contributed by atoms with E-state index >= 15 is 0 Å². The maximum atomic E-state index is 13.0. The van der Waals surface area contributed by atoms with Gasteiger partial charge in [-0.2, -0.15) is 0 Å². The molecule has 132 valence electrons. The molecule has 4 heteroatoms. The number of carbonyl (C=O) groups excluding carboxylic acids is 1. The van der Waals surface area contributed by atoms with Crippen molar-refractivity contribution in [1.82, 2.24) is 0 Å². The Morgan fingerprint density at radius 2 is 1.68 bits per heavy atom. The van der Waals surface area contributed by atoms with Crippen LogP contribution in [0.25, 0.3) is 0 Å². The van der Waals surface area contributed by atoms with Gasteiger partial charge in [-0.15, -0.1) is 12.4 Å². The summed E-state index contributed by atoms with van der Waals surface area (Å²) < 4.78 is 0. The van der Waals surface area contributed by atoms with Gasteiger partial charge >= 0.3 is 0 Å². The van der Waals surface area contributed by atoms with Crippen LogP contribution in [0.5, 0.6) is 0 Å². The molecular formula is C21H25ClN2O. The summed E-state index contributed by atoms with van der Waals surface area (Å²) in [5, 5.41) is 0. The van der Waals surface area contributed by atoms with Crippen molar-refractivity contribution in [3.05, 3.63) is 65.7 Å². The van der Waals surface area contributed by atoms with Crippen molar-refractivity contribution in [3.8, 4) is 0 Å². The normalized spacial score (nSPS) is 18.7. The molecule has 1 heterocycles. The summed E-state index contributed by atoms with van der Waals surface area (Å²) in [7, 11) is 0. The number of fused-ring (bicyclic) bond motifs is 2.